The summed E-state index contributed by atoms with van der Waals surface area (Å²) in [5.74, 6) is 1.35. The maximum atomic E-state index is 13.1. The second-order valence-electron chi connectivity index (χ2n) is 9.71. The minimum absolute atomic E-state index is 0.0621. The van der Waals surface area contributed by atoms with Crippen LogP contribution in [-0.2, 0) is 10.0 Å². The number of thiazole rings is 1. The molecule has 40 heavy (non-hydrogen) atoms. The third-order valence-electron chi connectivity index (χ3n) is 7.30. The average Bonchev–Trinajstić information content (AvgIpc) is 3.78. The molecule has 1 atom stereocenters. The molecule has 11 heteroatoms. The van der Waals surface area contributed by atoms with Crippen LogP contribution < -0.4 is 14.5 Å². The molecule has 2 aromatic carbocycles. The van der Waals surface area contributed by atoms with Gasteiger partial charge in [0.25, 0.3) is 0 Å². The van der Waals surface area contributed by atoms with Crippen molar-refractivity contribution in [3.63, 3.8) is 0 Å². The van der Waals surface area contributed by atoms with E-state index in [1.165, 1.54) is 11.3 Å². The Balaban J connectivity index is 1.29. The van der Waals surface area contributed by atoms with Crippen molar-refractivity contribution >= 4 is 43.5 Å². The molecule has 4 aromatic rings. The Bertz CT molecular complexity index is 1610. The van der Waals surface area contributed by atoms with Gasteiger partial charge < -0.3 is 9.47 Å². The Hall–Kier alpha value is -3.25. The van der Waals surface area contributed by atoms with Gasteiger partial charge in [0.15, 0.2) is 11.5 Å². The number of benzene rings is 2. The Morgan fingerprint density at radius 3 is 2.40 bits per heavy atom. The van der Waals surface area contributed by atoms with Gasteiger partial charge in [-0.25, -0.2) is 18.4 Å². The summed E-state index contributed by atoms with van der Waals surface area (Å²) in [5.41, 5.74) is 3.72. The number of rotatable bonds is 8. The summed E-state index contributed by atoms with van der Waals surface area (Å²) in [6.07, 6.45) is 3.64. The van der Waals surface area contributed by atoms with Crippen LogP contribution in [0, 0.1) is 0 Å². The van der Waals surface area contributed by atoms with Gasteiger partial charge in [-0.2, -0.15) is 9.41 Å². The molecule has 0 N–H and O–H groups in total. The van der Waals surface area contributed by atoms with Crippen molar-refractivity contribution in [2.24, 2.45) is 5.10 Å². The topological polar surface area (TPSA) is 84.3 Å². The van der Waals surface area contributed by atoms with Crippen LogP contribution in [0.5, 0.6) is 11.5 Å². The first kappa shape index (κ1) is 26.9. The van der Waals surface area contributed by atoms with E-state index in [0.717, 1.165) is 58.2 Å². The normalized spacial score (nSPS) is 18.1. The van der Waals surface area contributed by atoms with Gasteiger partial charge in [0, 0.05) is 30.5 Å². The molecule has 4 heterocycles. The van der Waals surface area contributed by atoms with E-state index in [1.807, 2.05) is 46.8 Å². The number of sulfonamides is 1. The summed E-state index contributed by atoms with van der Waals surface area (Å²) < 4.78 is 38.8. The molecule has 1 fully saturated rings. The van der Waals surface area contributed by atoms with E-state index in [4.69, 9.17) is 19.6 Å². The van der Waals surface area contributed by atoms with E-state index in [2.05, 4.69) is 11.4 Å². The molecule has 2 aliphatic rings. The van der Waals surface area contributed by atoms with Gasteiger partial charge in [0.05, 0.1) is 41.4 Å². The largest absolute Gasteiger partial charge is 0.493 e. The van der Waals surface area contributed by atoms with Gasteiger partial charge >= 0.3 is 0 Å². The Labute approximate surface area is 242 Å². The van der Waals surface area contributed by atoms with Crippen LogP contribution in [-0.4, -0.2) is 50.7 Å². The molecule has 0 aliphatic carbocycles. The van der Waals surface area contributed by atoms with E-state index in [-0.39, 0.29) is 6.04 Å². The summed E-state index contributed by atoms with van der Waals surface area (Å²) in [6, 6.07) is 17.1. The summed E-state index contributed by atoms with van der Waals surface area (Å²) in [5, 5.41) is 11.8. The highest BCUT2D eigenvalue weighted by molar-refractivity contribution is 7.89. The number of hydrazone groups is 1. The van der Waals surface area contributed by atoms with Crippen LogP contribution in [0.1, 0.15) is 42.2 Å². The number of nitrogens with zero attached hydrogens (tertiary/aromatic N) is 4. The molecule has 6 rings (SSSR count). The van der Waals surface area contributed by atoms with Crippen molar-refractivity contribution in [1.82, 2.24) is 9.29 Å². The van der Waals surface area contributed by atoms with Gasteiger partial charge in [-0.3, -0.25) is 0 Å². The number of methoxy groups -OCH3 is 2. The van der Waals surface area contributed by atoms with Gasteiger partial charge in [-0.05, 0) is 54.1 Å². The molecule has 0 saturated carbocycles. The van der Waals surface area contributed by atoms with Crippen LogP contribution in [0.15, 0.2) is 75.4 Å². The van der Waals surface area contributed by atoms with Crippen molar-refractivity contribution in [3.05, 3.63) is 75.8 Å². The fourth-order valence-corrected chi connectivity index (χ4v) is 8.22. The SMILES string of the molecule is COc1ccc(C2CC(c3cccs3)=NN2c2nc(-c3ccc(S(=O)(=O)N4CCCCC4)cc3)cs2)cc1OC. The Kier molecular flexibility index (Phi) is 7.63. The molecule has 0 bridgehead atoms. The summed E-state index contributed by atoms with van der Waals surface area (Å²) >= 11 is 3.19. The van der Waals surface area contributed by atoms with E-state index in [1.54, 1.807) is 42.0 Å². The zero-order chi connectivity index (χ0) is 27.7. The highest BCUT2D eigenvalue weighted by atomic mass is 32.2. The van der Waals surface area contributed by atoms with Gasteiger partial charge in [-0.1, -0.05) is 30.7 Å². The van der Waals surface area contributed by atoms with Crippen LogP contribution in [0.25, 0.3) is 11.3 Å². The lowest BCUT2D eigenvalue weighted by atomic mass is 10.0. The molecule has 1 saturated heterocycles. The number of hydrogen-bond donors (Lipinski definition) is 0. The average molecular weight is 595 g/mol. The molecule has 208 valence electrons. The Morgan fingerprint density at radius 1 is 0.925 bits per heavy atom. The first-order chi connectivity index (χ1) is 19.5. The van der Waals surface area contributed by atoms with Gasteiger partial charge in [0.1, 0.15) is 0 Å². The van der Waals surface area contributed by atoms with E-state index >= 15 is 0 Å². The van der Waals surface area contributed by atoms with Crippen molar-refractivity contribution < 1.29 is 17.9 Å². The monoisotopic (exact) mass is 594 g/mol. The zero-order valence-corrected chi connectivity index (χ0v) is 24.8. The smallest absolute Gasteiger partial charge is 0.243 e. The Morgan fingerprint density at radius 2 is 1.70 bits per heavy atom. The number of piperidine rings is 1. The molecule has 0 radical (unpaired) electrons. The number of thiophene rings is 1. The quantitative estimate of drug-likeness (QED) is 0.234. The van der Waals surface area contributed by atoms with Crippen molar-refractivity contribution in [2.45, 2.75) is 36.6 Å². The zero-order valence-electron chi connectivity index (χ0n) is 22.3. The second-order valence-corrected chi connectivity index (χ2v) is 13.4. The minimum atomic E-state index is -3.47. The van der Waals surface area contributed by atoms with Crippen molar-refractivity contribution in [3.8, 4) is 22.8 Å². The van der Waals surface area contributed by atoms with Crippen LogP contribution >= 0.6 is 22.7 Å². The predicted octanol–water partition coefficient (Wildman–Crippen LogP) is 6.42. The minimum Gasteiger partial charge on any atom is -0.493 e. The first-order valence-electron chi connectivity index (χ1n) is 13.2. The number of aromatic nitrogens is 1. The molecular weight excluding hydrogens is 565 g/mol. The van der Waals surface area contributed by atoms with E-state index in [0.29, 0.717) is 29.5 Å². The van der Waals surface area contributed by atoms with Crippen LogP contribution in [0.4, 0.5) is 5.13 Å². The second kappa shape index (κ2) is 11.3. The summed E-state index contributed by atoms with van der Waals surface area (Å²) in [7, 11) is -0.208. The number of hydrogen-bond acceptors (Lipinski definition) is 9. The van der Waals surface area contributed by atoms with E-state index < -0.39 is 10.0 Å². The third kappa shape index (κ3) is 5.14. The highest BCUT2D eigenvalue weighted by Crippen LogP contribution is 2.42. The molecule has 1 unspecified atom stereocenters. The van der Waals surface area contributed by atoms with Gasteiger partial charge in [-0.15, -0.1) is 22.7 Å². The number of anilines is 1. The standard InChI is InChI=1S/C29H30N4O4S3/c1-36-26-13-10-21(17-27(26)37-2)25-18-23(28-7-6-16-38-28)31-33(25)29-30-24(19-39-29)20-8-11-22(12-9-20)40(34,35)32-14-4-3-5-15-32/h6-13,16-17,19,25H,3-5,14-15,18H2,1-2H3. The molecule has 8 nitrogen and oxygen atoms in total. The van der Waals surface area contributed by atoms with Crippen molar-refractivity contribution in [1.29, 1.82) is 0 Å². The van der Waals surface area contributed by atoms with Crippen LogP contribution in [0.3, 0.4) is 0 Å². The maximum Gasteiger partial charge on any atom is 0.243 e. The lowest BCUT2D eigenvalue weighted by Crippen LogP contribution is -2.35. The summed E-state index contributed by atoms with van der Waals surface area (Å²) in [6.45, 7) is 1.18. The molecule has 0 spiro atoms. The van der Waals surface area contributed by atoms with Gasteiger partial charge in [0.2, 0.25) is 15.2 Å². The molecule has 0 amide bonds. The number of ether oxygens (including phenoxy) is 2. The van der Waals surface area contributed by atoms with Crippen LogP contribution in [0.2, 0.25) is 0 Å². The molecular formula is C29H30N4O4S3. The fraction of sp³-hybridized carbons (Fsp3) is 0.310. The lowest BCUT2D eigenvalue weighted by Gasteiger charge is -2.25. The lowest BCUT2D eigenvalue weighted by molar-refractivity contribution is 0.346. The first-order valence-corrected chi connectivity index (χ1v) is 16.4. The van der Waals surface area contributed by atoms with Crippen molar-refractivity contribution in [2.75, 3.05) is 32.3 Å². The summed E-state index contributed by atoms with van der Waals surface area (Å²) in [4.78, 5) is 6.40. The third-order valence-corrected chi connectivity index (χ3v) is 11.0. The predicted molar refractivity (Wildman–Crippen MR) is 160 cm³/mol. The fourth-order valence-electron chi connectivity index (χ4n) is 5.15. The molecule has 2 aliphatic heterocycles. The van der Waals surface area contributed by atoms with E-state index in [9.17, 15) is 8.42 Å². The maximum absolute atomic E-state index is 13.1. The highest BCUT2D eigenvalue weighted by Gasteiger charge is 2.33. The molecule has 2 aromatic heterocycles.